The lowest BCUT2D eigenvalue weighted by Crippen LogP contribution is -2.48. The number of benzene rings is 3. The number of rotatable bonds is 12. The van der Waals surface area contributed by atoms with Crippen molar-refractivity contribution in [2.45, 2.75) is 71.4 Å². The number of urea groups is 1. The second-order valence-electron chi connectivity index (χ2n) is 11.4. The summed E-state index contributed by atoms with van der Waals surface area (Å²) in [6.45, 7) is 12.1. The van der Waals surface area contributed by atoms with Crippen LogP contribution < -0.4 is 24.3 Å². The fourth-order valence-electron chi connectivity index (χ4n) is 6.21. The quantitative estimate of drug-likeness (QED) is 0.237. The molecule has 44 heavy (non-hydrogen) atoms. The minimum Gasteiger partial charge on any atom is -0.490 e. The van der Waals surface area contributed by atoms with Crippen LogP contribution >= 0.6 is 0 Å². The first-order chi connectivity index (χ1) is 21.2. The number of halogens is 2. The van der Waals surface area contributed by atoms with E-state index in [9.17, 15) is 13.6 Å². The van der Waals surface area contributed by atoms with E-state index in [0.29, 0.717) is 80.8 Å². The van der Waals surface area contributed by atoms with Crippen LogP contribution in [0.1, 0.15) is 69.3 Å². The molecule has 9 heteroatoms. The zero-order valence-electron chi connectivity index (χ0n) is 26.2. The van der Waals surface area contributed by atoms with Crippen LogP contribution in [0.5, 0.6) is 23.0 Å². The highest BCUT2D eigenvalue weighted by Gasteiger charge is 2.54. The van der Waals surface area contributed by atoms with E-state index >= 15 is 0 Å². The number of carbonyl (C=O) groups excluding carboxylic acids is 1. The molecule has 1 fully saturated rings. The zero-order valence-corrected chi connectivity index (χ0v) is 26.2. The smallest absolute Gasteiger partial charge is 0.318 e. The van der Waals surface area contributed by atoms with Gasteiger partial charge in [-0.3, -0.25) is 0 Å². The Morgan fingerprint density at radius 3 is 2.16 bits per heavy atom. The largest absolute Gasteiger partial charge is 0.490 e. The predicted molar refractivity (Wildman–Crippen MR) is 165 cm³/mol. The summed E-state index contributed by atoms with van der Waals surface area (Å²) in [5.74, 6) is 1.46. The van der Waals surface area contributed by atoms with Crippen molar-refractivity contribution in [3.8, 4) is 23.0 Å². The molecule has 1 heterocycles. The van der Waals surface area contributed by atoms with E-state index < -0.39 is 17.0 Å². The molecule has 0 radical (unpaired) electrons. The number of hydrogen-bond donors (Lipinski definition) is 1. The van der Waals surface area contributed by atoms with Crippen molar-refractivity contribution in [2.75, 3.05) is 33.0 Å². The molecule has 1 aliphatic carbocycles. The number of amides is 2. The molecule has 7 nitrogen and oxygen atoms in total. The summed E-state index contributed by atoms with van der Waals surface area (Å²) in [5.41, 5.74) is 2.89. The molecule has 0 bridgehead atoms. The average Bonchev–Trinajstić information content (AvgIpc) is 3.64. The van der Waals surface area contributed by atoms with Crippen LogP contribution in [-0.4, -0.2) is 49.9 Å². The van der Waals surface area contributed by atoms with Gasteiger partial charge in [0.1, 0.15) is 11.6 Å². The van der Waals surface area contributed by atoms with Gasteiger partial charge in [0.15, 0.2) is 23.0 Å². The summed E-state index contributed by atoms with van der Waals surface area (Å²) in [6, 6.07) is 12.8. The van der Waals surface area contributed by atoms with E-state index in [1.807, 2.05) is 69.9 Å². The summed E-state index contributed by atoms with van der Waals surface area (Å²) in [5, 5.41) is 3.16. The van der Waals surface area contributed by atoms with Gasteiger partial charge in [-0.05, 0) is 99.5 Å². The van der Waals surface area contributed by atoms with Crippen LogP contribution in [0, 0.1) is 11.6 Å². The van der Waals surface area contributed by atoms with E-state index in [0.717, 1.165) is 22.8 Å². The summed E-state index contributed by atoms with van der Waals surface area (Å²) in [4.78, 5) is 15.8. The Hall–Kier alpha value is -4.01. The lowest BCUT2D eigenvalue weighted by Gasteiger charge is -2.38. The minimum atomic E-state index is -0.619. The van der Waals surface area contributed by atoms with Crippen LogP contribution in [-0.2, 0) is 18.3 Å². The first-order valence-electron chi connectivity index (χ1n) is 15.6. The molecule has 3 aromatic rings. The molecule has 5 rings (SSSR count). The van der Waals surface area contributed by atoms with E-state index in [1.54, 1.807) is 0 Å². The molecule has 1 N–H and O–H groups in total. The normalized spacial score (nSPS) is 20.5. The predicted octanol–water partition coefficient (Wildman–Crippen LogP) is 7.14. The van der Waals surface area contributed by atoms with Crippen LogP contribution in [0.15, 0.2) is 48.5 Å². The topological polar surface area (TPSA) is 69.3 Å². The van der Waals surface area contributed by atoms with Gasteiger partial charge in [-0.15, -0.1) is 0 Å². The molecule has 2 aliphatic rings. The second-order valence-corrected chi connectivity index (χ2v) is 11.4. The first kappa shape index (κ1) is 31.4. The van der Waals surface area contributed by atoms with Crippen LogP contribution in [0.2, 0.25) is 0 Å². The maximum atomic E-state index is 14.7. The van der Waals surface area contributed by atoms with Crippen molar-refractivity contribution in [1.82, 2.24) is 10.2 Å². The molecule has 236 valence electrons. The Morgan fingerprint density at radius 1 is 0.864 bits per heavy atom. The summed E-state index contributed by atoms with van der Waals surface area (Å²) >= 11 is 0. The fourth-order valence-corrected chi connectivity index (χ4v) is 6.21. The van der Waals surface area contributed by atoms with Gasteiger partial charge in [0.2, 0.25) is 0 Å². The molecule has 1 aliphatic heterocycles. The number of nitrogens with one attached hydrogen (secondary N) is 1. The van der Waals surface area contributed by atoms with Crippen LogP contribution in [0.4, 0.5) is 13.6 Å². The SMILES string of the molecule is CCOc1ccc(CC2c3cc(OCC)c(OCC)cc3CCN2C(=O)NC2CC2(C)c2ccc(F)cc2F)cc1OCC. The van der Waals surface area contributed by atoms with Gasteiger partial charge in [0.05, 0.1) is 32.5 Å². The third-order valence-corrected chi connectivity index (χ3v) is 8.54. The molecule has 0 saturated heterocycles. The van der Waals surface area contributed by atoms with Gasteiger partial charge < -0.3 is 29.2 Å². The van der Waals surface area contributed by atoms with E-state index in [-0.39, 0.29) is 18.1 Å². The minimum absolute atomic E-state index is 0.222. The van der Waals surface area contributed by atoms with Gasteiger partial charge in [0, 0.05) is 24.1 Å². The third kappa shape index (κ3) is 6.42. The Kier molecular flexibility index (Phi) is 9.51. The van der Waals surface area contributed by atoms with Crippen LogP contribution in [0.25, 0.3) is 0 Å². The second kappa shape index (κ2) is 13.3. The molecular weight excluding hydrogens is 566 g/mol. The summed E-state index contributed by atoms with van der Waals surface area (Å²) in [7, 11) is 0. The molecule has 2 amide bonds. The Bertz CT molecular complexity index is 1500. The maximum Gasteiger partial charge on any atom is 0.318 e. The molecule has 3 aromatic carbocycles. The molecule has 3 atom stereocenters. The van der Waals surface area contributed by atoms with E-state index in [1.165, 1.54) is 12.1 Å². The Balaban J connectivity index is 1.47. The van der Waals surface area contributed by atoms with Gasteiger partial charge in [-0.2, -0.15) is 0 Å². The highest BCUT2D eigenvalue weighted by molar-refractivity contribution is 5.77. The number of nitrogens with zero attached hydrogens (tertiary/aromatic N) is 1. The van der Waals surface area contributed by atoms with Gasteiger partial charge in [-0.25, -0.2) is 13.6 Å². The number of fused-ring (bicyclic) bond motifs is 1. The fraction of sp³-hybridized carbons (Fsp3) is 0.457. The Morgan fingerprint density at radius 2 is 1.50 bits per heavy atom. The van der Waals surface area contributed by atoms with Crippen molar-refractivity contribution in [3.63, 3.8) is 0 Å². The van der Waals surface area contributed by atoms with Gasteiger partial charge >= 0.3 is 6.03 Å². The van der Waals surface area contributed by atoms with E-state index in [4.69, 9.17) is 18.9 Å². The number of ether oxygens (including phenoxy) is 4. The van der Waals surface area contributed by atoms with Crippen molar-refractivity contribution in [2.24, 2.45) is 0 Å². The molecule has 3 unspecified atom stereocenters. The molecule has 0 aromatic heterocycles. The maximum absolute atomic E-state index is 14.7. The molecule has 1 saturated carbocycles. The lowest BCUT2D eigenvalue weighted by atomic mass is 9.88. The van der Waals surface area contributed by atoms with Gasteiger partial charge in [-0.1, -0.05) is 19.1 Å². The average molecular weight is 609 g/mol. The van der Waals surface area contributed by atoms with Crippen molar-refractivity contribution in [1.29, 1.82) is 0 Å². The molecule has 0 spiro atoms. The number of carbonyl (C=O) groups is 1. The summed E-state index contributed by atoms with van der Waals surface area (Å²) < 4.78 is 51.8. The van der Waals surface area contributed by atoms with E-state index in [2.05, 4.69) is 5.32 Å². The van der Waals surface area contributed by atoms with Crippen LogP contribution in [0.3, 0.4) is 0 Å². The molecular formula is C35H42F2N2O5. The van der Waals surface area contributed by atoms with Gasteiger partial charge in [0.25, 0.3) is 0 Å². The first-order valence-corrected chi connectivity index (χ1v) is 15.6. The van der Waals surface area contributed by atoms with Crippen molar-refractivity contribution >= 4 is 6.03 Å². The highest BCUT2D eigenvalue weighted by Crippen LogP contribution is 2.49. The third-order valence-electron chi connectivity index (χ3n) is 8.54. The lowest BCUT2D eigenvalue weighted by molar-refractivity contribution is 0.167. The Labute approximate surface area is 258 Å². The zero-order chi connectivity index (χ0) is 31.4. The highest BCUT2D eigenvalue weighted by atomic mass is 19.1. The van der Waals surface area contributed by atoms with Crippen molar-refractivity contribution in [3.05, 3.63) is 82.4 Å². The monoisotopic (exact) mass is 608 g/mol. The van der Waals surface area contributed by atoms with Crippen molar-refractivity contribution < 1.29 is 32.5 Å². The standard InChI is InChI=1S/C35H42F2N2O5/c1-6-41-29-13-10-22(17-30(29)42-7-2)16-28-25-20-32(44-9-4)31(43-8-3)18-23(25)14-15-39(28)34(40)38-33-21-35(33,5)26-12-11-24(36)19-27(26)37/h10-13,17-20,28,33H,6-9,14-16,21H2,1-5H3,(H,38,40). The number of hydrogen-bond acceptors (Lipinski definition) is 5. The summed E-state index contributed by atoms with van der Waals surface area (Å²) in [6.07, 6.45) is 1.74.